The van der Waals surface area contributed by atoms with E-state index in [4.69, 9.17) is 11.5 Å². The molecule has 8 nitrogen and oxygen atoms in total. The maximum Gasteiger partial charge on any atom is 0.245 e. The average Bonchev–Trinajstić information content (AvgIpc) is 2.67. The number of ketones is 1. The van der Waals surface area contributed by atoms with E-state index in [1.54, 1.807) is 13.8 Å². The van der Waals surface area contributed by atoms with Crippen LogP contribution < -0.4 is 22.1 Å². The molecule has 0 radical (unpaired) electrons. The van der Waals surface area contributed by atoms with Crippen molar-refractivity contribution in [2.45, 2.75) is 57.8 Å². The molecule has 0 fully saturated rings. The Balaban J connectivity index is 2.64. The number of benzene rings is 1. The molecule has 28 heavy (non-hydrogen) atoms. The van der Waals surface area contributed by atoms with Crippen molar-refractivity contribution < 1.29 is 19.5 Å². The zero-order valence-electron chi connectivity index (χ0n) is 16.7. The Bertz CT molecular complexity index is 649. The number of amides is 2. The van der Waals surface area contributed by atoms with E-state index in [1.165, 1.54) is 6.92 Å². The molecule has 0 bridgehead atoms. The van der Waals surface area contributed by atoms with Gasteiger partial charge in [-0.1, -0.05) is 44.2 Å². The molecule has 7 N–H and O–H groups in total. The van der Waals surface area contributed by atoms with Crippen LogP contribution in [0.25, 0.3) is 0 Å². The Labute approximate surface area is 166 Å². The van der Waals surface area contributed by atoms with E-state index in [2.05, 4.69) is 10.6 Å². The lowest BCUT2D eigenvalue weighted by molar-refractivity contribution is -0.134. The zero-order chi connectivity index (χ0) is 21.3. The molecule has 1 aromatic rings. The summed E-state index contributed by atoms with van der Waals surface area (Å²) >= 11 is 0. The third-order valence-corrected chi connectivity index (χ3v) is 4.46. The van der Waals surface area contributed by atoms with Gasteiger partial charge in [0.2, 0.25) is 11.8 Å². The fraction of sp³-hybridized carbons (Fsp3) is 0.550. The van der Waals surface area contributed by atoms with Gasteiger partial charge in [0.15, 0.2) is 5.78 Å². The molecule has 0 heterocycles. The fourth-order valence-corrected chi connectivity index (χ4v) is 2.71. The number of nitrogens with two attached hydrogens (primary N) is 2. The summed E-state index contributed by atoms with van der Waals surface area (Å²) in [4.78, 5) is 36.8. The van der Waals surface area contributed by atoms with Crippen LogP contribution in [0.2, 0.25) is 0 Å². The maximum atomic E-state index is 12.5. The number of nitrogens with one attached hydrogen (secondary N) is 2. The summed E-state index contributed by atoms with van der Waals surface area (Å²) in [6.07, 6.45) is -0.654. The molecule has 1 rings (SSSR count). The fourth-order valence-electron chi connectivity index (χ4n) is 2.71. The van der Waals surface area contributed by atoms with Gasteiger partial charge in [-0.2, -0.15) is 0 Å². The van der Waals surface area contributed by atoms with Crippen molar-refractivity contribution in [3.8, 4) is 0 Å². The maximum absolute atomic E-state index is 12.5. The summed E-state index contributed by atoms with van der Waals surface area (Å²) in [5, 5.41) is 14.9. The molecule has 0 saturated heterocycles. The molecule has 0 aliphatic heterocycles. The smallest absolute Gasteiger partial charge is 0.245 e. The van der Waals surface area contributed by atoms with E-state index < -0.39 is 30.0 Å². The number of carbonyl (C=O) groups is 3. The monoisotopic (exact) mass is 392 g/mol. The van der Waals surface area contributed by atoms with E-state index in [9.17, 15) is 19.5 Å². The minimum atomic E-state index is -1.19. The summed E-state index contributed by atoms with van der Waals surface area (Å²) in [7, 11) is 0. The normalized spacial score (nSPS) is 15.4. The minimum absolute atomic E-state index is 0.0604. The minimum Gasteiger partial charge on any atom is -0.391 e. The predicted molar refractivity (Wildman–Crippen MR) is 107 cm³/mol. The van der Waals surface area contributed by atoms with Gasteiger partial charge in [0.25, 0.3) is 0 Å². The van der Waals surface area contributed by atoms with Crippen molar-refractivity contribution in [3.05, 3.63) is 35.9 Å². The summed E-state index contributed by atoms with van der Waals surface area (Å²) in [5.41, 5.74) is 12.6. The number of aliphatic hydroxyl groups is 1. The lowest BCUT2D eigenvalue weighted by Crippen LogP contribution is -2.57. The third kappa shape index (κ3) is 7.38. The van der Waals surface area contributed by atoms with Crippen LogP contribution in [0.4, 0.5) is 0 Å². The Kier molecular flexibility index (Phi) is 9.78. The van der Waals surface area contributed by atoms with Crippen LogP contribution in [0, 0.1) is 5.92 Å². The molecule has 0 aliphatic rings. The van der Waals surface area contributed by atoms with Crippen molar-refractivity contribution in [2.24, 2.45) is 17.4 Å². The van der Waals surface area contributed by atoms with Crippen molar-refractivity contribution in [1.82, 2.24) is 10.6 Å². The van der Waals surface area contributed by atoms with Crippen molar-refractivity contribution >= 4 is 17.6 Å². The second kappa shape index (κ2) is 11.5. The average molecular weight is 393 g/mol. The number of Topliss-reactive ketones (excluding diaryl/α,β-unsaturated/α-hetero) is 1. The van der Waals surface area contributed by atoms with E-state index in [0.29, 0.717) is 6.42 Å². The van der Waals surface area contributed by atoms with Gasteiger partial charge in [-0.15, -0.1) is 0 Å². The van der Waals surface area contributed by atoms with E-state index in [-0.39, 0.29) is 30.7 Å². The molecule has 0 aromatic heterocycles. The van der Waals surface area contributed by atoms with Gasteiger partial charge in [0.05, 0.1) is 12.1 Å². The molecular formula is C20H32N4O4. The largest absolute Gasteiger partial charge is 0.391 e. The first-order valence-corrected chi connectivity index (χ1v) is 9.49. The molecule has 0 saturated carbocycles. The van der Waals surface area contributed by atoms with Gasteiger partial charge in [0, 0.05) is 24.9 Å². The van der Waals surface area contributed by atoms with Crippen LogP contribution >= 0.6 is 0 Å². The van der Waals surface area contributed by atoms with Crippen LogP contribution in [0.3, 0.4) is 0 Å². The first kappa shape index (κ1) is 23.7. The van der Waals surface area contributed by atoms with E-state index >= 15 is 0 Å². The lowest BCUT2D eigenvalue weighted by atomic mass is 10.0. The molecule has 2 unspecified atom stereocenters. The van der Waals surface area contributed by atoms with Crippen LogP contribution in [-0.2, 0) is 14.4 Å². The zero-order valence-corrected chi connectivity index (χ0v) is 16.7. The van der Waals surface area contributed by atoms with Crippen LogP contribution in [0.1, 0.15) is 45.2 Å². The van der Waals surface area contributed by atoms with Crippen LogP contribution in [0.5, 0.6) is 0 Å². The molecule has 2 amide bonds. The molecule has 156 valence electrons. The van der Waals surface area contributed by atoms with Crippen molar-refractivity contribution in [1.29, 1.82) is 0 Å². The first-order valence-electron chi connectivity index (χ1n) is 9.49. The summed E-state index contributed by atoms with van der Waals surface area (Å²) in [6, 6.07) is 7.03. The highest BCUT2D eigenvalue weighted by Crippen LogP contribution is 2.15. The molecule has 0 aliphatic carbocycles. The quantitative estimate of drug-likeness (QED) is 0.358. The number of rotatable bonds is 11. The van der Waals surface area contributed by atoms with Crippen LogP contribution in [0.15, 0.2) is 30.3 Å². The molecule has 4 atom stereocenters. The Hall–Kier alpha value is -2.29. The highest BCUT2D eigenvalue weighted by atomic mass is 16.3. The van der Waals surface area contributed by atoms with Gasteiger partial charge >= 0.3 is 0 Å². The van der Waals surface area contributed by atoms with Gasteiger partial charge < -0.3 is 27.2 Å². The van der Waals surface area contributed by atoms with E-state index in [1.807, 2.05) is 30.3 Å². The number of aliphatic hydroxyl groups excluding tert-OH is 1. The van der Waals surface area contributed by atoms with Gasteiger partial charge in [-0.05, 0) is 18.9 Å². The second-order valence-corrected chi connectivity index (χ2v) is 7.20. The third-order valence-electron chi connectivity index (χ3n) is 4.46. The highest BCUT2D eigenvalue weighted by molar-refractivity contribution is 5.93. The van der Waals surface area contributed by atoms with Crippen LogP contribution in [-0.4, -0.2) is 47.4 Å². The second-order valence-electron chi connectivity index (χ2n) is 7.20. The Morgan fingerprint density at radius 3 is 2.18 bits per heavy atom. The highest BCUT2D eigenvalue weighted by Gasteiger charge is 2.29. The van der Waals surface area contributed by atoms with E-state index in [0.717, 1.165) is 5.56 Å². The summed E-state index contributed by atoms with van der Waals surface area (Å²) in [5.74, 6) is -1.57. The molecule has 0 spiro atoms. The summed E-state index contributed by atoms with van der Waals surface area (Å²) < 4.78 is 0. The topological polar surface area (TPSA) is 148 Å². The lowest BCUT2D eigenvalue weighted by Gasteiger charge is -2.24. The van der Waals surface area contributed by atoms with Crippen molar-refractivity contribution in [3.63, 3.8) is 0 Å². The Morgan fingerprint density at radius 1 is 1.07 bits per heavy atom. The predicted octanol–water partition coefficient (Wildman–Crippen LogP) is 0.000800. The summed E-state index contributed by atoms with van der Waals surface area (Å²) in [6.45, 7) is 4.75. The number of carbonyl (C=O) groups excluding carboxylic acids is 3. The number of hydrogen-bond donors (Lipinski definition) is 5. The first-order chi connectivity index (χ1) is 13.2. The standard InChI is InChI=1S/C20H32N4O4/c1-12(2)19(27)16(11-21)23-20(28)18(13(3)25)24-17(26)10-9-15(22)14-7-5-4-6-8-14/h4-8,12-13,15-16,18,25H,9-11,21-22H2,1-3H3,(H,23,28)(H,24,26)/t13?,15?,16-,18-/m0/s1. The van der Waals surface area contributed by atoms with Gasteiger partial charge in [-0.25, -0.2) is 0 Å². The molecule has 1 aromatic carbocycles. The molecular weight excluding hydrogens is 360 g/mol. The Morgan fingerprint density at radius 2 is 1.68 bits per heavy atom. The molecule has 8 heteroatoms. The SMILES string of the molecule is CC(C)C(=O)[C@H](CN)NC(=O)[C@@H](NC(=O)CCC(N)c1ccccc1)C(C)O. The van der Waals surface area contributed by atoms with Crippen molar-refractivity contribution in [2.75, 3.05) is 6.54 Å². The van der Waals surface area contributed by atoms with Gasteiger partial charge in [-0.3, -0.25) is 14.4 Å². The van der Waals surface area contributed by atoms with Gasteiger partial charge in [0.1, 0.15) is 6.04 Å². The number of hydrogen-bond acceptors (Lipinski definition) is 6.